The molecule has 1 aliphatic heterocycles. The first-order chi connectivity index (χ1) is 8.09. The zero-order valence-electron chi connectivity index (χ0n) is 10.4. The number of nitrogens with two attached hydrogens (primary N) is 1. The molecule has 1 saturated carbocycles. The van der Waals surface area contributed by atoms with Crippen molar-refractivity contribution in [1.29, 1.82) is 0 Å². The number of rotatable bonds is 1. The van der Waals surface area contributed by atoms with Gasteiger partial charge in [-0.3, -0.25) is 9.59 Å². The zero-order valence-corrected chi connectivity index (χ0v) is 10.4. The van der Waals surface area contributed by atoms with E-state index < -0.39 is 0 Å². The number of nitrogens with zero attached hydrogens (tertiary/aromatic N) is 2. The van der Waals surface area contributed by atoms with E-state index in [2.05, 4.69) is 0 Å². The minimum Gasteiger partial charge on any atom is -0.344 e. The first kappa shape index (κ1) is 12.4. The SMILES string of the molecule is CN1CCCN(C(=O)C2CCCC2N)CC1=O. The average Bonchev–Trinajstić information content (AvgIpc) is 2.65. The molecular weight excluding hydrogens is 218 g/mol. The van der Waals surface area contributed by atoms with Gasteiger partial charge < -0.3 is 15.5 Å². The van der Waals surface area contributed by atoms with Crippen LogP contribution in [0.15, 0.2) is 0 Å². The smallest absolute Gasteiger partial charge is 0.241 e. The molecule has 2 amide bonds. The molecule has 1 aliphatic carbocycles. The number of hydrogen-bond donors (Lipinski definition) is 1. The van der Waals surface area contributed by atoms with Crippen molar-refractivity contribution in [2.24, 2.45) is 11.7 Å². The maximum Gasteiger partial charge on any atom is 0.241 e. The van der Waals surface area contributed by atoms with E-state index in [0.717, 1.165) is 32.2 Å². The molecule has 2 N–H and O–H groups in total. The number of carbonyl (C=O) groups excluding carboxylic acids is 2. The summed E-state index contributed by atoms with van der Waals surface area (Å²) in [6.45, 7) is 1.63. The highest BCUT2D eigenvalue weighted by Crippen LogP contribution is 2.26. The lowest BCUT2D eigenvalue weighted by Crippen LogP contribution is -2.44. The lowest BCUT2D eigenvalue weighted by molar-refractivity contribution is -0.140. The van der Waals surface area contributed by atoms with Crippen molar-refractivity contribution in [1.82, 2.24) is 9.80 Å². The third-order valence-electron chi connectivity index (χ3n) is 3.87. The van der Waals surface area contributed by atoms with E-state index in [1.807, 2.05) is 0 Å². The van der Waals surface area contributed by atoms with Crippen molar-refractivity contribution in [2.45, 2.75) is 31.7 Å². The molecular formula is C12H21N3O2. The molecule has 0 bridgehead atoms. The van der Waals surface area contributed by atoms with Gasteiger partial charge in [-0.05, 0) is 19.3 Å². The normalized spacial score (nSPS) is 30.6. The van der Waals surface area contributed by atoms with Gasteiger partial charge in [-0.1, -0.05) is 6.42 Å². The molecule has 2 rings (SSSR count). The van der Waals surface area contributed by atoms with Gasteiger partial charge in [-0.25, -0.2) is 0 Å². The van der Waals surface area contributed by atoms with Gasteiger partial charge in [-0.15, -0.1) is 0 Å². The molecule has 0 aromatic heterocycles. The van der Waals surface area contributed by atoms with Crippen LogP contribution < -0.4 is 5.73 Å². The predicted octanol–water partition coefficient (Wildman–Crippen LogP) is -0.195. The highest BCUT2D eigenvalue weighted by Gasteiger charge is 2.34. The minimum atomic E-state index is -0.0637. The molecule has 2 unspecified atom stereocenters. The molecule has 0 aromatic carbocycles. The molecule has 0 aromatic rings. The van der Waals surface area contributed by atoms with Crippen LogP contribution >= 0.6 is 0 Å². The fourth-order valence-electron chi connectivity index (χ4n) is 2.70. The topological polar surface area (TPSA) is 66.6 Å². The summed E-state index contributed by atoms with van der Waals surface area (Å²) in [7, 11) is 1.79. The fraction of sp³-hybridized carbons (Fsp3) is 0.833. The summed E-state index contributed by atoms with van der Waals surface area (Å²) >= 11 is 0. The van der Waals surface area contributed by atoms with Crippen LogP contribution in [-0.4, -0.2) is 54.3 Å². The number of likely N-dealkylation sites (N-methyl/N-ethyl adjacent to an activating group) is 1. The molecule has 2 atom stereocenters. The molecule has 2 aliphatic rings. The summed E-state index contributed by atoms with van der Waals surface area (Å²) < 4.78 is 0. The van der Waals surface area contributed by atoms with Crippen molar-refractivity contribution < 1.29 is 9.59 Å². The standard InChI is InChI=1S/C12H21N3O2/c1-14-6-3-7-15(8-11(14)16)12(17)9-4-2-5-10(9)13/h9-10H,2-8,13H2,1H3. The number of carbonyl (C=O) groups is 2. The largest absolute Gasteiger partial charge is 0.344 e. The maximum absolute atomic E-state index is 12.3. The highest BCUT2D eigenvalue weighted by atomic mass is 16.2. The Kier molecular flexibility index (Phi) is 3.66. The monoisotopic (exact) mass is 239 g/mol. The highest BCUT2D eigenvalue weighted by molar-refractivity contribution is 5.86. The van der Waals surface area contributed by atoms with Gasteiger partial charge in [0.05, 0.1) is 12.5 Å². The second-order valence-electron chi connectivity index (χ2n) is 5.13. The summed E-state index contributed by atoms with van der Waals surface area (Å²) in [4.78, 5) is 27.4. The van der Waals surface area contributed by atoms with Gasteiger partial charge >= 0.3 is 0 Å². The lowest BCUT2D eigenvalue weighted by Gasteiger charge is -2.25. The van der Waals surface area contributed by atoms with E-state index in [9.17, 15) is 9.59 Å². The minimum absolute atomic E-state index is 0.0152. The molecule has 1 heterocycles. The molecule has 5 heteroatoms. The molecule has 96 valence electrons. The van der Waals surface area contributed by atoms with E-state index in [4.69, 9.17) is 5.73 Å². The van der Waals surface area contributed by atoms with Gasteiger partial charge in [0.25, 0.3) is 0 Å². The molecule has 5 nitrogen and oxygen atoms in total. The Bertz CT molecular complexity index is 319. The van der Waals surface area contributed by atoms with E-state index in [0.29, 0.717) is 6.54 Å². The molecule has 2 fully saturated rings. The zero-order chi connectivity index (χ0) is 12.4. The van der Waals surface area contributed by atoms with E-state index >= 15 is 0 Å². The Hall–Kier alpha value is -1.10. The van der Waals surface area contributed by atoms with Gasteiger partial charge in [-0.2, -0.15) is 0 Å². The van der Waals surface area contributed by atoms with Crippen LogP contribution in [0.5, 0.6) is 0 Å². The predicted molar refractivity (Wildman–Crippen MR) is 64.2 cm³/mol. The summed E-state index contributed by atoms with van der Waals surface area (Å²) in [6.07, 6.45) is 3.69. The van der Waals surface area contributed by atoms with E-state index in [1.54, 1.807) is 16.8 Å². The molecule has 1 saturated heterocycles. The number of hydrogen-bond acceptors (Lipinski definition) is 3. The summed E-state index contributed by atoms with van der Waals surface area (Å²) in [6, 6.07) is -0.0152. The van der Waals surface area contributed by atoms with Crippen LogP contribution in [0.3, 0.4) is 0 Å². The Morgan fingerprint density at radius 3 is 2.71 bits per heavy atom. The first-order valence-corrected chi connectivity index (χ1v) is 6.38. The third kappa shape index (κ3) is 2.60. The van der Waals surface area contributed by atoms with Gasteiger partial charge in [0, 0.05) is 26.2 Å². The van der Waals surface area contributed by atoms with Gasteiger partial charge in [0.1, 0.15) is 0 Å². The van der Waals surface area contributed by atoms with Crippen LogP contribution in [0.4, 0.5) is 0 Å². The third-order valence-corrected chi connectivity index (χ3v) is 3.87. The second kappa shape index (κ2) is 5.04. The Labute approximate surface area is 102 Å². The quantitative estimate of drug-likeness (QED) is 0.689. The van der Waals surface area contributed by atoms with E-state index in [1.165, 1.54) is 0 Å². The van der Waals surface area contributed by atoms with Crippen molar-refractivity contribution in [3.63, 3.8) is 0 Å². The maximum atomic E-state index is 12.3. The van der Waals surface area contributed by atoms with Crippen molar-refractivity contribution in [2.75, 3.05) is 26.7 Å². The molecule has 0 radical (unpaired) electrons. The summed E-state index contributed by atoms with van der Waals surface area (Å²) in [5, 5.41) is 0. The number of amides is 2. The van der Waals surface area contributed by atoms with E-state index in [-0.39, 0.29) is 30.3 Å². The Morgan fingerprint density at radius 1 is 1.29 bits per heavy atom. The van der Waals surface area contributed by atoms with Crippen LogP contribution in [0.25, 0.3) is 0 Å². The van der Waals surface area contributed by atoms with Crippen molar-refractivity contribution >= 4 is 11.8 Å². The van der Waals surface area contributed by atoms with Crippen molar-refractivity contribution in [3.05, 3.63) is 0 Å². The summed E-state index contributed by atoms with van der Waals surface area (Å²) in [5.41, 5.74) is 5.94. The first-order valence-electron chi connectivity index (χ1n) is 6.38. The Morgan fingerprint density at radius 2 is 2.06 bits per heavy atom. The molecule has 17 heavy (non-hydrogen) atoms. The summed E-state index contributed by atoms with van der Waals surface area (Å²) in [5.74, 6) is 0.0484. The fourth-order valence-corrected chi connectivity index (χ4v) is 2.70. The lowest BCUT2D eigenvalue weighted by atomic mass is 10.0. The second-order valence-corrected chi connectivity index (χ2v) is 5.13. The van der Waals surface area contributed by atoms with Crippen LogP contribution in [-0.2, 0) is 9.59 Å². The van der Waals surface area contributed by atoms with Gasteiger partial charge in [0.2, 0.25) is 11.8 Å². The van der Waals surface area contributed by atoms with Crippen LogP contribution in [0.1, 0.15) is 25.7 Å². The molecule has 0 spiro atoms. The van der Waals surface area contributed by atoms with Crippen LogP contribution in [0.2, 0.25) is 0 Å². The van der Waals surface area contributed by atoms with Gasteiger partial charge in [0.15, 0.2) is 0 Å². The van der Waals surface area contributed by atoms with Crippen molar-refractivity contribution in [3.8, 4) is 0 Å². The Balaban J connectivity index is 2.01. The average molecular weight is 239 g/mol. The van der Waals surface area contributed by atoms with Crippen LogP contribution in [0, 0.1) is 5.92 Å².